The number of hydrogen-bond acceptors (Lipinski definition) is 4. The van der Waals surface area contributed by atoms with Gasteiger partial charge in [-0.25, -0.2) is 9.37 Å². The normalized spacial score (nSPS) is 10.0. The maximum atomic E-state index is 13.2. The van der Waals surface area contributed by atoms with Crippen molar-refractivity contribution in [1.29, 1.82) is 5.26 Å². The fraction of sp³-hybridized carbons (Fsp3) is 0.0909. The van der Waals surface area contributed by atoms with Gasteiger partial charge in [0.1, 0.15) is 32.1 Å². The molecule has 0 N–H and O–H groups in total. The second-order valence-electron chi connectivity index (χ2n) is 3.10. The molecular formula is C11H6BrFN2OS. The largest absolute Gasteiger partial charge is 0.496 e. The summed E-state index contributed by atoms with van der Waals surface area (Å²) < 4.78 is 18.8. The maximum Gasteiger partial charge on any atom is 0.139 e. The number of ether oxygens (including phenoxy) is 1. The van der Waals surface area contributed by atoms with Gasteiger partial charge < -0.3 is 4.74 Å². The molecular weight excluding hydrogens is 307 g/mol. The average molecular weight is 313 g/mol. The fourth-order valence-electron chi connectivity index (χ4n) is 1.33. The predicted molar refractivity (Wildman–Crippen MR) is 66.5 cm³/mol. The third kappa shape index (κ3) is 2.30. The Balaban J connectivity index is 2.59. The van der Waals surface area contributed by atoms with Crippen molar-refractivity contribution in [2.45, 2.75) is 0 Å². The van der Waals surface area contributed by atoms with E-state index in [1.165, 1.54) is 36.6 Å². The van der Waals surface area contributed by atoms with Gasteiger partial charge in [-0.2, -0.15) is 5.26 Å². The second kappa shape index (κ2) is 4.82. The zero-order chi connectivity index (χ0) is 12.4. The Morgan fingerprint density at radius 3 is 2.88 bits per heavy atom. The summed E-state index contributed by atoms with van der Waals surface area (Å²) in [6.07, 6.45) is 0. The van der Waals surface area contributed by atoms with Gasteiger partial charge in [-0.05, 0) is 34.1 Å². The first-order valence-electron chi connectivity index (χ1n) is 4.56. The molecule has 0 aliphatic carbocycles. The fourth-order valence-corrected chi connectivity index (χ4v) is 2.73. The lowest BCUT2D eigenvalue weighted by Crippen LogP contribution is -1.88. The number of methoxy groups -OCH3 is 1. The van der Waals surface area contributed by atoms with Gasteiger partial charge in [-0.1, -0.05) is 0 Å². The molecule has 3 nitrogen and oxygen atoms in total. The van der Waals surface area contributed by atoms with Crippen LogP contribution in [0, 0.1) is 17.1 Å². The van der Waals surface area contributed by atoms with Crippen LogP contribution < -0.4 is 4.74 Å². The summed E-state index contributed by atoms with van der Waals surface area (Å²) in [5.74, 6) is 0.155. The van der Waals surface area contributed by atoms with E-state index in [9.17, 15) is 4.39 Å². The van der Waals surface area contributed by atoms with Crippen molar-refractivity contribution in [3.8, 4) is 22.4 Å². The van der Waals surface area contributed by atoms with Crippen LogP contribution in [0.15, 0.2) is 22.8 Å². The zero-order valence-electron chi connectivity index (χ0n) is 8.70. The van der Waals surface area contributed by atoms with Crippen molar-refractivity contribution in [3.05, 3.63) is 33.5 Å². The molecule has 0 fully saturated rings. The molecule has 2 aromatic rings. The van der Waals surface area contributed by atoms with Crippen molar-refractivity contribution >= 4 is 27.3 Å². The molecule has 0 saturated heterocycles. The summed E-state index contributed by atoms with van der Waals surface area (Å²) in [5.41, 5.74) is 0.541. The quantitative estimate of drug-likeness (QED) is 0.851. The van der Waals surface area contributed by atoms with Gasteiger partial charge in [0.15, 0.2) is 0 Å². The molecule has 2 rings (SSSR count). The summed E-state index contributed by atoms with van der Waals surface area (Å²) >= 11 is 4.37. The van der Waals surface area contributed by atoms with E-state index in [2.05, 4.69) is 20.9 Å². The SMILES string of the molecule is COc1ccc(F)cc1-c1nc(Br)c(C#N)s1. The molecule has 6 heteroatoms. The lowest BCUT2D eigenvalue weighted by molar-refractivity contribution is 0.415. The minimum absolute atomic E-state index is 0.370. The number of aromatic nitrogens is 1. The Labute approximate surface area is 110 Å². The number of halogens is 2. The van der Waals surface area contributed by atoms with Gasteiger partial charge in [-0.3, -0.25) is 0 Å². The highest BCUT2D eigenvalue weighted by Crippen LogP contribution is 2.36. The summed E-state index contributed by atoms with van der Waals surface area (Å²) in [7, 11) is 1.50. The van der Waals surface area contributed by atoms with Crippen LogP contribution in [0.4, 0.5) is 4.39 Å². The minimum Gasteiger partial charge on any atom is -0.496 e. The standard InChI is InChI=1S/C11H6BrFN2OS/c1-16-8-3-2-6(13)4-7(8)11-15-10(12)9(5-14)17-11/h2-4H,1H3. The van der Waals surface area contributed by atoms with Gasteiger partial charge in [0, 0.05) is 0 Å². The van der Waals surface area contributed by atoms with E-state index < -0.39 is 0 Å². The summed E-state index contributed by atoms with van der Waals surface area (Å²) in [6, 6.07) is 6.20. The van der Waals surface area contributed by atoms with E-state index in [0.717, 1.165) is 0 Å². The molecule has 0 atom stereocenters. The summed E-state index contributed by atoms with van der Waals surface area (Å²) in [4.78, 5) is 4.62. The van der Waals surface area contributed by atoms with Crippen molar-refractivity contribution < 1.29 is 9.13 Å². The van der Waals surface area contributed by atoms with Crippen LogP contribution in [0.25, 0.3) is 10.6 Å². The third-order valence-electron chi connectivity index (χ3n) is 2.08. The monoisotopic (exact) mass is 312 g/mol. The van der Waals surface area contributed by atoms with Crippen LogP contribution >= 0.6 is 27.3 Å². The van der Waals surface area contributed by atoms with Gasteiger partial charge >= 0.3 is 0 Å². The molecule has 0 saturated carbocycles. The number of benzene rings is 1. The molecule has 0 amide bonds. The Morgan fingerprint density at radius 1 is 1.53 bits per heavy atom. The molecule has 0 bridgehead atoms. The molecule has 1 aromatic heterocycles. The van der Waals surface area contributed by atoms with Crippen LogP contribution in [0.5, 0.6) is 5.75 Å². The smallest absolute Gasteiger partial charge is 0.139 e. The van der Waals surface area contributed by atoms with Gasteiger partial charge in [0.05, 0.1) is 12.7 Å². The Kier molecular flexibility index (Phi) is 3.41. The number of hydrogen-bond donors (Lipinski definition) is 0. The maximum absolute atomic E-state index is 13.2. The molecule has 86 valence electrons. The van der Waals surface area contributed by atoms with Gasteiger partial charge in [0.2, 0.25) is 0 Å². The molecule has 0 aliphatic rings. The first-order chi connectivity index (χ1) is 8.15. The topological polar surface area (TPSA) is 45.9 Å². The molecule has 0 radical (unpaired) electrons. The van der Waals surface area contributed by atoms with Crippen LogP contribution in [0.1, 0.15) is 4.88 Å². The van der Waals surface area contributed by atoms with E-state index in [4.69, 9.17) is 10.00 Å². The highest BCUT2D eigenvalue weighted by Gasteiger charge is 2.14. The van der Waals surface area contributed by atoms with Crippen molar-refractivity contribution in [3.63, 3.8) is 0 Å². The van der Waals surface area contributed by atoms with Crippen LogP contribution in [-0.2, 0) is 0 Å². The number of rotatable bonds is 2. The van der Waals surface area contributed by atoms with Gasteiger partial charge in [-0.15, -0.1) is 11.3 Å². The Morgan fingerprint density at radius 2 is 2.29 bits per heavy atom. The second-order valence-corrected chi connectivity index (χ2v) is 4.85. The Hall–Kier alpha value is -1.45. The number of nitriles is 1. The van der Waals surface area contributed by atoms with Crippen LogP contribution in [0.3, 0.4) is 0 Å². The van der Waals surface area contributed by atoms with E-state index >= 15 is 0 Å². The van der Waals surface area contributed by atoms with Crippen LogP contribution in [0.2, 0.25) is 0 Å². The van der Waals surface area contributed by atoms with E-state index in [1.54, 1.807) is 0 Å². The molecule has 0 spiro atoms. The van der Waals surface area contributed by atoms with E-state index in [0.29, 0.717) is 25.8 Å². The highest BCUT2D eigenvalue weighted by atomic mass is 79.9. The van der Waals surface area contributed by atoms with Gasteiger partial charge in [0.25, 0.3) is 0 Å². The van der Waals surface area contributed by atoms with Crippen molar-refractivity contribution in [2.24, 2.45) is 0 Å². The number of nitrogens with zero attached hydrogens (tertiary/aromatic N) is 2. The first kappa shape index (κ1) is 12.0. The average Bonchev–Trinajstić information content (AvgIpc) is 2.70. The predicted octanol–water partition coefficient (Wildman–Crippen LogP) is 3.59. The zero-order valence-corrected chi connectivity index (χ0v) is 11.1. The molecule has 0 unspecified atom stereocenters. The van der Waals surface area contributed by atoms with Crippen molar-refractivity contribution in [2.75, 3.05) is 7.11 Å². The van der Waals surface area contributed by atoms with Crippen LogP contribution in [-0.4, -0.2) is 12.1 Å². The highest BCUT2D eigenvalue weighted by molar-refractivity contribution is 9.10. The lowest BCUT2D eigenvalue weighted by Gasteiger charge is -2.05. The summed E-state index contributed by atoms with van der Waals surface area (Å²) in [6.45, 7) is 0. The molecule has 1 heterocycles. The number of thiazole rings is 1. The lowest BCUT2D eigenvalue weighted by atomic mass is 10.2. The summed E-state index contributed by atoms with van der Waals surface area (Å²) in [5, 5.41) is 9.39. The molecule has 0 aliphatic heterocycles. The third-order valence-corrected chi connectivity index (χ3v) is 3.91. The minimum atomic E-state index is -0.370. The molecule has 1 aromatic carbocycles. The Bertz CT molecular complexity index is 606. The van der Waals surface area contributed by atoms with Crippen molar-refractivity contribution in [1.82, 2.24) is 4.98 Å². The van der Waals surface area contributed by atoms with E-state index in [1.807, 2.05) is 6.07 Å². The van der Waals surface area contributed by atoms with E-state index in [-0.39, 0.29) is 5.82 Å². The molecule has 17 heavy (non-hydrogen) atoms. The first-order valence-corrected chi connectivity index (χ1v) is 6.17.